The van der Waals surface area contributed by atoms with Gasteiger partial charge in [0, 0.05) is 6.54 Å². The minimum atomic E-state index is -4.54. The maximum Gasteiger partial charge on any atom is 0.416 e. The van der Waals surface area contributed by atoms with E-state index in [0.717, 1.165) is 16.4 Å². The Bertz CT molecular complexity index is 656. The number of halogens is 3. The Morgan fingerprint density at radius 3 is 2.27 bits per heavy atom. The number of amides is 1. The predicted octanol–water partition coefficient (Wildman–Crippen LogP) is 1.73. The fraction of sp³-hybridized carbons (Fsp3) is 0.462. The first-order valence-corrected chi connectivity index (χ1v) is 8.06. The average molecular weight is 336 g/mol. The van der Waals surface area contributed by atoms with Crippen molar-refractivity contribution in [2.75, 3.05) is 6.54 Å². The first-order chi connectivity index (χ1) is 10.1. The highest BCUT2D eigenvalue weighted by Crippen LogP contribution is 2.31. The van der Waals surface area contributed by atoms with Crippen LogP contribution in [0.5, 0.6) is 0 Å². The summed E-state index contributed by atoms with van der Waals surface area (Å²) < 4.78 is 63.5. The van der Waals surface area contributed by atoms with E-state index >= 15 is 0 Å². The minimum Gasteiger partial charge on any atom is -0.368 e. The van der Waals surface area contributed by atoms with E-state index < -0.39 is 33.7 Å². The van der Waals surface area contributed by atoms with E-state index in [9.17, 15) is 26.4 Å². The number of hydrogen-bond donors (Lipinski definition) is 1. The normalized spacial score (nSPS) is 20.8. The van der Waals surface area contributed by atoms with Gasteiger partial charge >= 0.3 is 6.18 Å². The van der Waals surface area contributed by atoms with Crippen molar-refractivity contribution >= 4 is 15.9 Å². The molecule has 1 heterocycles. The lowest BCUT2D eigenvalue weighted by Gasteiger charge is -2.32. The number of nitrogens with zero attached hydrogens (tertiary/aromatic N) is 1. The Morgan fingerprint density at radius 1 is 1.18 bits per heavy atom. The van der Waals surface area contributed by atoms with Crippen molar-refractivity contribution in [2.45, 2.75) is 36.4 Å². The van der Waals surface area contributed by atoms with Crippen molar-refractivity contribution in [3.63, 3.8) is 0 Å². The topological polar surface area (TPSA) is 80.5 Å². The monoisotopic (exact) mass is 336 g/mol. The van der Waals surface area contributed by atoms with Gasteiger partial charge in [-0.2, -0.15) is 17.5 Å². The second kappa shape index (κ2) is 5.88. The predicted molar refractivity (Wildman–Crippen MR) is 72.2 cm³/mol. The second-order valence-corrected chi connectivity index (χ2v) is 6.94. The molecule has 1 aliphatic rings. The summed E-state index contributed by atoms with van der Waals surface area (Å²) in [7, 11) is -4.05. The summed E-state index contributed by atoms with van der Waals surface area (Å²) in [6.07, 6.45) is -2.98. The molecule has 1 amide bonds. The summed E-state index contributed by atoms with van der Waals surface area (Å²) >= 11 is 0. The molecule has 0 spiro atoms. The molecule has 0 radical (unpaired) electrons. The number of sulfonamides is 1. The van der Waals surface area contributed by atoms with Crippen LogP contribution in [0.3, 0.4) is 0 Å². The Balaban J connectivity index is 2.35. The number of carbonyl (C=O) groups excluding carboxylic acids is 1. The van der Waals surface area contributed by atoms with Gasteiger partial charge < -0.3 is 5.73 Å². The van der Waals surface area contributed by atoms with Crippen LogP contribution in [0.4, 0.5) is 13.2 Å². The molecular weight excluding hydrogens is 321 g/mol. The van der Waals surface area contributed by atoms with Crippen LogP contribution in [-0.2, 0) is 21.0 Å². The SMILES string of the molecule is NC(=O)[C@H]1CCCCN1S(=O)(=O)c1ccc(C(F)(F)F)cc1. The lowest BCUT2D eigenvalue weighted by Crippen LogP contribution is -2.50. The molecule has 1 atom stereocenters. The zero-order valence-corrected chi connectivity index (χ0v) is 12.3. The summed E-state index contributed by atoms with van der Waals surface area (Å²) in [6.45, 7) is 0.122. The summed E-state index contributed by atoms with van der Waals surface area (Å²) in [4.78, 5) is 11.1. The van der Waals surface area contributed by atoms with Crippen molar-refractivity contribution in [1.29, 1.82) is 0 Å². The quantitative estimate of drug-likeness (QED) is 0.913. The van der Waals surface area contributed by atoms with Gasteiger partial charge in [-0.1, -0.05) is 6.42 Å². The number of benzene rings is 1. The van der Waals surface area contributed by atoms with Crippen LogP contribution in [0, 0.1) is 0 Å². The van der Waals surface area contributed by atoms with Crippen molar-refractivity contribution in [3.8, 4) is 0 Å². The van der Waals surface area contributed by atoms with E-state index in [-0.39, 0.29) is 11.4 Å². The Hall–Kier alpha value is -1.61. The highest BCUT2D eigenvalue weighted by molar-refractivity contribution is 7.89. The number of primary amides is 1. The largest absolute Gasteiger partial charge is 0.416 e. The van der Waals surface area contributed by atoms with Gasteiger partial charge in [-0.25, -0.2) is 8.42 Å². The molecule has 0 bridgehead atoms. The molecule has 1 saturated heterocycles. The molecule has 2 rings (SSSR count). The third kappa shape index (κ3) is 3.25. The van der Waals surface area contributed by atoms with E-state index in [1.807, 2.05) is 0 Å². The van der Waals surface area contributed by atoms with Crippen molar-refractivity contribution in [1.82, 2.24) is 4.31 Å². The third-order valence-electron chi connectivity index (χ3n) is 3.57. The van der Waals surface area contributed by atoms with Gasteiger partial charge in [0.2, 0.25) is 15.9 Å². The van der Waals surface area contributed by atoms with Gasteiger partial charge in [0.1, 0.15) is 6.04 Å². The van der Waals surface area contributed by atoms with Crippen LogP contribution in [0.2, 0.25) is 0 Å². The molecule has 1 fully saturated rings. The summed E-state index contributed by atoms with van der Waals surface area (Å²) in [5.74, 6) is -0.754. The fourth-order valence-corrected chi connectivity index (χ4v) is 4.09. The lowest BCUT2D eigenvalue weighted by molar-refractivity contribution is -0.137. The first-order valence-electron chi connectivity index (χ1n) is 6.62. The van der Waals surface area contributed by atoms with E-state index in [2.05, 4.69) is 0 Å². The van der Waals surface area contributed by atoms with Gasteiger partial charge in [-0.05, 0) is 37.1 Å². The molecule has 0 aromatic heterocycles. The van der Waals surface area contributed by atoms with E-state index in [0.29, 0.717) is 31.4 Å². The van der Waals surface area contributed by atoms with Crippen LogP contribution >= 0.6 is 0 Å². The molecule has 0 aliphatic carbocycles. The molecule has 1 aromatic rings. The number of carbonyl (C=O) groups is 1. The van der Waals surface area contributed by atoms with Gasteiger partial charge in [-0.3, -0.25) is 4.79 Å². The van der Waals surface area contributed by atoms with Crippen LogP contribution < -0.4 is 5.73 Å². The van der Waals surface area contributed by atoms with Crippen molar-refractivity contribution in [3.05, 3.63) is 29.8 Å². The maximum atomic E-state index is 12.5. The highest BCUT2D eigenvalue weighted by atomic mass is 32.2. The number of hydrogen-bond acceptors (Lipinski definition) is 3. The minimum absolute atomic E-state index is 0.122. The Morgan fingerprint density at radius 2 is 1.77 bits per heavy atom. The molecule has 0 unspecified atom stereocenters. The summed E-state index contributed by atoms with van der Waals surface area (Å²) in [5.41, 5.74) is 4.29. The number of alkyl halides is 3. The molecule has 122 valence electrons. The molecular formula is C13H15F3N2O3S. The first kappa shape index (κ1) is 16.8. The van der Waals surface area contributed by atoms with Gasteiger partial charge in [0.05, 0.1) is 10.5 Å². The molecule has 5 nitrogen and oxygen atoms in total. The second-order valence-electron chi connectivity index (χ2n) is 5.05. The van der Waals surface area contributed by atoms with E-state index in [1.165, 1.54) is 0 Å². The molecule has 0 saturated carbocycles. The van der Waals surface area contributed by atoms with Crippen LogP contribution in [-0.4, -0.2) is 31.2 Å². The summed E-state index contributed by atoms with van der Waals surface area (Å²) in [6, 6.07) is 2.24. The number of rotatable bonds is 3. The van der Waals surface area contributed by atoms with E-state index in [1.54, 1.807) is 0 Å². The van der Waals surface area contributed by atoms with Crippen molar-refractivity contribution < 1.29 is 26.4 Å². The van der Waals surface area contributed by atoms with Gasteiger partial charge in [-0.15, -0.1) is 0 Å². The Labute approximate surface area is 125 Å². The number of nitrogens with two attached hydrogens (primary N) is 1. The lowest BCUT2D eigenvalue weighted by atomic mass is 10.0. The van der Waals surface area contributed by atoms with Crippen molar-refractivity contribution in [2.24, 2.45) is 5.73 Å². The Kier molecular flexibility index (Phi) is 4.48. The van der Waals surface area contributed by atoms with Crippen LogP contribution in [0.15, 0.2) is 29.2 Å². The molecule has 2 N–H and O–H groups in total. The summed E-state index contributed by atoms with van der Waals surface area (Å²) in [5, 5.41) is 0. The van der Waals surface area contributed by atoms with E-state index in [4.69, 9.17) is 5.73 Å². The molecule has 1 aromatic carbocycles. The third-order valence-corrected chi connectivity index (χ3v) is 5.49. The fourth-order valence-electron chi connectivity index (χ4n) is 2.43. The molecule has 1 aliphatic heterocycles. The molecule has 22 heavy (non-hydrogen) atoms. The smallest absolute Gasteiger partial charge is 0.368 e. The zero-order valence-electron chi connectivity index (χ0n) is 11.5. The van der Waals surface area contributed by atoms with Gasteiger partial charge in [0.15, 0.2) is 0 Å². The van der Waals surface area contributed by atoms with Gasteiger partial charge in [0.25, 0.3) is 0 Å². The highest BCUT2D eigenvalue weighted by Gasteiger charge is 2.37. The average Bonchev–Trinajstić information content (AvgIpc) is 2.46. The maximum absolute atomic E-state index is 12.5. The zero-order chi connectivity index (χ0) is 16.5. The standard InChI is InChI=1S/C13H15F3N2O3S/c14-13(15,16)9-4-6-10(7-5-9)22(20,21)18-8-2-1-3-11(18)12(17)19/h4-7,11H,1-3,8H2,(H2,17,19)/t11-/m1/s1. The number of piperidine rings is 1. The van der Waals surface area contributed by atoms with Crippen LogP contribution in [0.25, 0.3) is 0 Å². The van der Waals surface area contributed by atoms with Crippen LogP contribution in [0.1, 0.15) is 24.8 Å². The molecule has 9 heteroatoms.